The summed E-state index contributed by atoms with van der Waals surface area (Å²) in [7, 11) is 0. The van der Waals surface area contributed by atoms with Crippen molar-refractivity contribution in [3.63, 3.8) is 0 Å². The lowest BCUT2D eigenvalue weighted by molar-refractivity contribution is -0.100. The van der Waals surface area contributed by atoms with Crippen molar-refractivity contribution in [3.8, 4) is 0 Å². The molecule has 7 heteroatoms. The second-order valence-corrected chi connectivity index (χ2v) is 9.64. The highest BCUT2D eigenvalue weighted by molar-refractivity contribution is 6.30. The first-order valence-electron chi connectivity index (χ1n) is 10.5. The third-order valence-corrected chi connectivity index (χ3v) is 7.29. The Kier molecular flexibility index (Phi) is 3.67. The number of aromatic nitrogens is 5. The molecular weight excluding hydrogens is 384 g/mol. The fraction of sp³-hybridized carbons (Fsp3) is 0.500. The van der Waals surface area contributed by atoms with Crippen LogP contribution in [0.3, 0.4) is 0 Å². The van der Waals surface area contributed by atoms with Crippen LogP contribution in [0.25, 0.3) is 0 Å². The van der Waals surface area contributed by atoms with E-state index in [1.54, 1.807) is 0 Å². The molecule has 1 aromatic carbocycles. The highest BCUT2D eigenvalue weighted by Crippen LogP contribution is 2.66. The molecule has 2 bridgehead atoms. The van der Waals surface area contributed by atoms with Gasteiger partial charge in [0, 0.05) is 29.2 Å². The van der Waals surface area contributed by atoms with Crippen molar-refractivity contribution in [1.82, 2.24) is 24.3 Å². The molecule has 0 unspecified atom stereocenters. The standard InChI is InChI=1S/C22H25ClN6/c1-15-10-28(14-24-15)22-11-21(12-22,13-22)26-20-25-19-18(4-2-3-9-29(19)27-20)16-5-7-17(23)8-6-16/h5-8,10,14,18H,2-4,9,11-13H2,1H3,(H,26,27)/t18-,21?,22?/m0/s1. The van der Waals surface area contributed by atoms with Gasteiger partial charge in [-0.3, -0.25) is 0 Å². The summed E-state index contributed by atoms with van der Waals surface area (Å²) in [5, 5.41) is 9.30. The Hall–Kier alpha value is -2.34. The average molecular weight is 409 g/mol. The van der Waals surface area contributed by atoms with E-state index >= 15 is 0 Å². The third-order valence-electron chi connectivity index (χ3n) is 7.04. The number of aryl methyl sites for hydroxylation is 2. The minimum Gasteiger partial charge on any atom is -0.347 e. The molecule has 4 aliphatic rings. The van der Waals surface area contributed by atoms with Crippen LogP contribution in [0.15, 0.2) is 36.8 Å². The zero-order valence-electron chi connectivity index (χ0n) is 16.6. The van der Waals surface area contributed by atoms with Gasteiger partial charge < -0.3 is 9.88 Å². The van der Waals surface area contributed by atoms with Gasteiger partial charge in [0.15, 0.2) is 0 Å². The van der Waals surface area contributed by atoms with Crippen molar-refractivity contribution in [1.29, 1.82) is 0 Å². The van der Waals surface area contributed by atoms with Gasteiger partial charge in [0.05, 0.1) is 17.6 Å². The van der Waals surface area contributed by atoms with Crippen molar-refractivity contribution in [3.05, 3.63) is 58.9 Å². The van der Waals surface area contributed by atoms with E-state index in [0.717, 1.165) is 61.1 Å². The lowest BCUT2D eigenvalue weighted by Gasteiger charge is -2.70. The maximum absolute atomic E-state index is 6.09. The molecule has 150 valence electrons. The topological polar surface area (TPSA) is 60.6 Å². The number of hydrogen-bond acceptors (Lipinski definition) is 4. The first-order valence-corrected chi connectivity index (χ1v) is 10.9. The summed E-state index contributed by atoms with van der Waals surface area (Å²) in [6.07, 6.45) is 11.0. The van der Waals surface area contributed by atoms with E-state index in [1.807, 2.05) is 18.5 Å². The second-order valence-electron chi connectivity index (χ2n) is 9.20. The lowest BCUT2D eigenvalue weighted by atomic mass is 9.44. The molecule has 7 rings (SSSR count). The minimum atomic E-state index is 0.154. The van der Waals surface area contributed by atoms with Crippen LogP contribution in [0.4, 0.5) is 5.95 Å². The third kappa shape index (κ3) is 2.72. The molecule has 3 aliphatic carbocycles. The molecule has 1 atom stereocenters. The minimum absolute atomic E-state index is 0.154. The summed E-state index contributed by atoms with van der Waals surface area (Å²) in [6.45, 7) is 2.99. The van der Waals surface area contributed by atoms with Crippen LogP contribution in [0.2, 0.25) is 5.02 Å². The Balaban J connectivity index is 1.22. The van der Waals surface area contributed by atoms with E-state index in [2.05, 4.69) is 44.8 Å². The summed E-state index contributed by atoms with van der Waals surface area (Å²) in [5.74, 6) is 2.15. The van der Waals surface area contributed by atoms with Gasteiger partial charge in [0.1, 0.15) is 5.82 Å². The van der Waals surface area contributed by atoms with E-state index in [1.165, 1.54) is 12.0 Å². The van der Waals surface area contributed by atoms with Crippen molar-refractivity contribution in [2.24, 2.45) is 0 Å². The number of halogens is 1. The molecular formula is C22H25ClN6. The quantitative estimate of drug-likeness (QED) is 0.690. The van der Waals surface area contributed by atoms with Gasteiger partial charge in [-0.05, 0) is 56.7 Å². The van der Waals surface area contributed by atoms with E-state index < -0.39 is 0 Å². The number of nitrogens with one attached hydrogen (secondary N) is 1. The summed E-state index contributed by atoms with van der Waals surface area (Å²) < 4.78 is 4.42. The zero-order chi connectivity index (χ0) is 19.6. The number of hydrogen-bond donors (Lipinski definition) is 1. The highest BCUT2D eigenvalue weighted by Gasteiger charge is 2.69. The largest absolute Gasteiger partial charge is 0.347 e. The molecule has 6 nitrogen and oxygen atoms in total. The molecule has 2 aromatic heterocycles. The SMILES string of the molecule is Cc1cn(C23CC(Nc4nc5n(n4)CCCC[C@H]5c4ccc(Cl)cc4)(C2)C3)cn1. The van der Waals surface area contributed by atoms with Crippen molar-refractivity contribution < 1.29 is 0 Å². The van der Waals surface area contributed by atoms with Crippen LogP contribution in [0.1, 0.15) is 61.5 Å². The Bertz CT molecular complexity index is 1050. The van der Waals surface area contributed by atoms with E-state index in [4.69, 9.17) is 21.7 Å². The molecule has 0 spiro atoms. The molecule has 3 aromatic rings. The lowest BCUT2D eigenvalue weighted by Crippen LogP contribution is -2.75. The number of rotatable bonds is 4. The molecule has 1 aliphatic heterocycles. The zero-order valence-corrected chi connectivity index (χ0v) is 17.4. The predicted molar refractivity (Wildman–Crippen MR) is 112 cm³/mol. The van der Waals surface area contributed by atoms with Crippen LogP contribution in [-0.4, -0.2) is 29.9 Å². The smallest absolute Gasteiger partial charge is 0.242 e. The molecule has 0 saturated heterocycles. The van der Waals surface area contributed by atoms with Crippen LogP contribution in [0.5, 0.6) is 0 Å². The van der Waals surface area contributed by atoms with Gasteiger partial charge in [-0.1, -0.05) is 30.2 Å². The number of benzene rings is 1. The number of imidazole rings is 1. The fourth-order valence-corrected chi connectivity index (χ4v) is 5.76. The van der Waals surface area contributed by atoms with Crippen LogP contribution in [0, 0.1) is 6.92 Å². The van der Waals surface area contributed by atoms with Crippen molar-refractivity contribution >= 4 is 17.5 Å². The van der Waals surface area contributed by atoms with Gasteiger partial charge in [-0.2, -0.15) is 4.98 Å². The van der Waals surface area contributed by atoms with Crippen LogP contribution >= 0.6 is 11.6 Å². The van der Waals surface area contributed by atoms with Gasteiger partial charge in [0.2, 0.25) is 5.95 Å². The highest BCUT2D eigenvalue weighted by atomic mass is 35.5. The average Bonchev–Trinajstić information content (AvgIpc) is 3.19. The van der Waals surface area contributed by atoms with Gasteiger partial charge in [-0.25, -0.2) is 9.67 Å². The molecule has 0 radical (unpaired) electrons. The monoisotopic (exact) mass is 408 g/mol. The molecule has 3 heterocycles. The Morgan fingerprint density at radius 1 is 1.14 bits per heavy atom. The van der Waals surface area contributed by atoms with Crippen molar-refractivity contribution in [2.45, 2.75) is 69.0 Å². The molecule has 29 heavy (non-hydrogen) atoms. The Morgan fingerprint density at radius 2 is 1.93 bits per heavy atom. The second kappa shape index (κ2) is 6.08. The molecule has 0 amide bonds. The summed E-state index contributed by atoms with van der Waals surface area (Å²) >= 11 is 6.09. The first kappa shape index (κ1) is 17.5. The summed E-state index contributed by atoms with van der Waals surface area (Å²) in [5.41, 5.74) is 2.78. The Morgan fingerprint density at radius 3 is 2.66 bits per heavy atom. The number of anilines is 1. The van der Waals surface area contributed by atoms with Gasteiger partial charge >= 0.3 is 0 Å². The Labute approximate surface area is 175 Å². The van der Waals surface area contributed by atoms with E-state index in [-0.39, 0.29) is 17.0 Å². The predicted octanol–water partition coefficient (Wildman–Crippen LogP) is 4.50. The molecule has 1 N–H and O–H groups in total. The summed E-state index contributed by atoms with van der Waals surface area (Å²) in [6, 6.07) is 8.20. The van der Waals surface area contributed by atoms with E-state index in [9.17, 15) is 0 Å². The van der Waals surface area contributed by atoms with Crippen LogP contribution in [-0.2, 0) is 12.1 Å². The normalized spacial score (nSPS) is 30.1. The first-order chi connectivity index (χ1) is 14.0. The number of nitrogens with zero attached hydrogens (tertiary/aromatic N) is 5. The molecule has 3 saturated carbocycles. The van der Waals surface area contributed by atoms with Gasteiger partial charge in [-0.15, -0.1) is 5.10 Å². The molecule has 3 fully saturated rings. The number of fused-ring (bicyclic) bond motifs is 1. The maximum Gasteiger partial charge on any atom is 0.242 e. The van der Waals surface area contributed by atoms with E-state index in [0.29, 0.717) is 0 Å². The summed E-state index contributed by atoms with van der Waals surface area (Å²) in [4.78, 5) is 9.37. The van der Waals surface area contributed by atoms with Crippen LogP contribution < -0.4 is 5.32 Å². The van der Waals surface area contributed by atoms with Gasteiger partial charge in [0.25, 0.3) is 0 Å². The van der Waals surface area contributed by atoms with Crippen molar-refractivity contribution in [2.75, 3.05) is 5.32 Å². The fourth-order valence-electron chi connectivity index (χ4n) is 5.64. The maximum atomic E-state index is 6.09.